The van der Waals surface area contributed by atoms with Gasteiger partial charge in [0.2, 0.25) is 5.95 Å². The molecule has 4 heteroatoms. The Kier molecular flexibility index (Phi) is 2.29. The van der Waals surface area contributed by atoms with Crippen LogP contribution >= 0.6 is 11.3 Å². The maximum Gasteiger partial charge on any atom is 0.200 e. The molecule has 0 fully saturated rings. The highest BCUT2D eigenvalue weighted by molar-refractivity contribution is 7.11. The number of hydrogen-bond donors (Lipinski definition) is 1. The van der Waals surface area contributed by atoms with E-state index in [0.29, 0.717) is 5.95 Å². The van der Waals surface area contributed by atoms with Gasteiger partial charge in [0.15, 0.2) is 0 Å². The number of aromatic nitrogens is 2. The molecule has 2 N–H and O–H groups in total. The Morgan fingerprint density at radius 2 is 2.21 bits per heavy atom. The Balaban J connectivity index is 2.26. The van der Waals surface area contributed by atoms with Crippen LogP contribution in [0, 0.1) is 13.8 Å². The molecular formula is C10H13N3S. The van der Waals surface area contributed by atoms with Gasteiger partial charge in [-0.15, -0.1) is 11.3 Å². The predicted molar refractivity (Wildman–Crippen MR) is 59.5 cm³/mol. The van der Waals surface area contributed by atoms with Crippen molar-refractivity contribution in [2.75, 3.05) is 5.73 Å². The molecule has 74 valence electrons. The summed E-state index contributed by atoms with van der Waals surface area (Å²) in [4.78, 5) is 6.71. The van der Waals surface area contributed by atoms with E-state index >= 15 is 0 Å². The lowest BCUT2D eigenvalue weighted by Gasteiger charge is -2.04. The highest BCUT2D eigenvalue weighted by Crippen LogP contribution is 2.18. The Bertz CT molecular complexity index is 422. The van der Waals surface area contributed by atoms with Gasteiger partial charge < -0.3 is 10.3 Å². The van der Waals surface area contributed by atoms with Gasteiger partial charge in [-0.3, -0.25) is 0 Å². The highest BCUT2D eigenvalue weighted by Gasteiger charge is 2.04. The summed E-state index contributed by atoms with van der Waals surface area (Å²) in [5.41, 5.74) is 6.86. The predicted octanol–water partition coefficient (Wildman–Crippen LogP) is 2.19. The van der Waals surface area contributed by atoms with Crippen LogP contribution in [0.1, 0.15) is 15.4 Å². The molecule has 2 aromatic rings. The number of imidazole rings is 1. The normalized spacial score (nSPS) is 10.7. The second-order valence-electron chi connectivity index (χ2n) is 3.36. The summed E-state index contributed by atoms with van der Waals surface area (Å²) >= 11 is 1.80. The maximum atomic E-state index is 5.75. The van der Waals surface area contributed by atoms with Crippen molar-refractivity contribution in [1.29, 1.82) is 0 Å². The third-order valence-electron chi connectivity index (χ3n) is 2.20. The summed E-state index contributed by atoms with van der Waals surface area (Å²) in [6.45, 7) is 4.96. The standard InChI is InChI=1S/C10H13N3S/c1-7-5-12-10(11)13(7)6-9-4-3-8(2)14-9/h3-5H,6H2,1-2H3,(H2,11,12). The van der Waals surface area contributed by atoms with Crippen LogP contribution < -0.4 is 5.73 Å². The van der Waals surface area contributed by atoms with Crippen LogP contribution in [0.25, 0.3) is 0 Å². The molecule has 0 bridgehead atoms. The number of aryl methyl sites for hydroxylation is 2. The Morgan fingerprint density at radius 1 is 1.43 bits per heavy atom. The minimum absolute atomic E-state index is 0.591. The van der Waals surface area contributed by atoms with Gasteiger partial charge >= 0.3 is 0 Å². The molecule has 0 unspecified atom stereocenters. The lowest BCUT2D eigenvalue weighted by molar-refractivity contribution is 0.794. The molecule has 0 radical (unpaired) electrons. The first-order valence-corrected chi connectivity index (χ1v) is 5.31. The summed E-state index contributed by atoms with van der Waals surface area (Å²) in [7, 11) is 0. The van der Waals surface area contributed by atoms with Crippen LogP contribution in [0.5, 0.6) is 0 Å². The van der Waals surface area contributed by atoms with Crippen molar-refractivity contribution in [3.05, 3.63) is 33.8 Å². The SMILES string of the molecule is Cc1ccc(Cn2c(C)cnc2N)s1. The fourth-order valence-corrected chi connectivity index (χ4v) is 2.29. The first kappa shape index (κ1) is 9.27. The maximum absolute atomic E-state index is 5.75. The average molecular weight is 207 g/mol. The molecule has 0 aliphatic rings. The molecule has 0 amide bonds. The van der Waals surface area contributed by atoms with Gasteiger partial charge in [0, 0.05) is 15.4 Å². The Hall–Kier alpha value is -1.29. The molecule has 0 atom stereocenters. The summed E-state index contributed by atoms with van der Waals surface area (Å²) in [5, 5.41) is 0. The minimum atomic E-state index is 0.591. The van der Waals surface area contributed by atoms with E-state index in [1.807, 2.05) is 11.5 Å². The van der Waals surface area contributed by atoms with Crippen molar-refractivity contribution >= 4 is 17.3 Å². The van der Waals surface area contributed by atoms with Gasteiger partial charge in [0.05, 0.1) is 12.7 Å². The van der Waals surface area contributed by atoms with Crippen molar-refractivity contribution < 1.29 is 0 Å². The Labute approximate surface area is 87.2 Å². The van der Waals surface area contributed by atoms with Crippen molar-refractivity contribution in [3.63, 3.8) is 0 Å². The molecule has 0 aliphatic heterocycles. The molecule has 3 nitrogen and oxygen atoms in total. The number of thiophene rings is 1. The van der Waals surface area contributed by atoms with E-state index in [1.54, 1.807) is 17.5 Å². The fourth-order valence-electron chi connectivity index (χ4n) is 1.41. The molecule has 2 rings (SSSR count). The van der Waals surface area contributed by atoms with Gasteiger partial charge in [-0.05, 0) is 26.0 Å². The van der Waals surface area contributed by atoms with Crippen LogP contribution in [0.4, 0.5) is 5.95 Å². The van der Waals surface area contributed by atoms with Crippen molar-refractivity contribution in [2.45, 2.75) is 20.4 Å². The smallest absolute Gasteiger partial charge is 0.200 e. The van der Waals surface area contributed by atoms with Crippen molar-refractivity contribution in [1.82, 2.24) is 9.55 Å². The number of nitrogens with zero attached hydrogens (tertiary/aromatic N) is 2. The summed E-state index contributed by atoms with van der Waals surface area (Å²) in [5.74, 6) is 0.591. The van der Waals surface area contributed by atoms with E-state index in [1.165, 1.54) is 9.75 Å². The quantitative estimate of drug-likeness (QED) is 0.820. The van der Waals surface area contributed by atoms with Gasteiger partial charge in [0.1, 0.15) is 0 Å². The van der Waals surface area contributed by atoms with Crippen LogP contribution in [0.2, 0.25) is 0 Å². The molecule has 0 spiro atoms. The van der Waals surface area contributed by atoms with E-state index in [0.717, 1.165) is 12.2 Å². The van der Waals surface area contributed by atoms with Crippen LogP contribution in [0.3, 0.4) is 0 Å². The molecule has 14 heavy (non-hydrogen) atoms. The van der Waals surface area contributed by atoms with Gasteiger partial charge in [0.25, 0.3) is 0 Å². The molecule has 0 aliphatic carbocycles. The zero-order valence-electron chi connectivity index (χ0n) is 8.32. The topological polar surface area (TPSA) is 43.8 Å². The van der Waals surface area contributed by atoms with E-state index in [2.05, 4.69) is 24.0 Å². The summed E-state index contributed by atoms with van der Waals surface area (Å²) in [6.07, 6.45) is 1.80. The first-order chi connectivity index (χ1) is 6.66. The van der Waals surface area contributed by atoms with Crippen LogP contribution in [-0.2, 0) is 6.54 Å². The van der Waals surface area contributed by atoms with E-state index in [9.17, 15) is 0 Å². The first-order valence-electron chi connectivity index (χ1n) is 4.50. The molecule has 0 saturated carbocycles. The Morgan fingerprint density at radius 3 is 2.71 bits per heavy atom. The second-order valence-corrected chi connectivity index (χ2v) is 4.73. The minimum Gasteiger partial charge on any atom is -0.369 e. The van der Waals surface area contributed by atoms with Gasteiger partial charge in [-0.1, -0.05) is 0 Å². The zero-order chi connectivity index (χ0) is 10.1. The largest absolute Gasteiger partial charge is 0.369 e. The second kappa shape index (κ2) is 3.46. The zero-order valence-corrected chi connectivity index (χ0v) is 9.14. The highest BCUT2D eigenvalue weighted by atomic mass is 32.1. The third kappa shape index (κ3) is 1.65. The number of rotatable bonds is 2. The van der Waals surface area contributed by atoms with Crippen molar-refractivity contribution in [3.8, 4) is 0 Å². The number of nitrogen functional groups attached to an aromatic ring is 1. The van der Waals surface area contributed by atoms with Crippen LogP contribution in [0.15, 0.2) is 18.3 Å². The molecule has 2 heterocycles. The van der Waals surface area contributed by atoms with Gasteiger partial charge in [-0.2, -0.15) is 0 Å². The molecule has 0 saturated heterocycles. The fraction of sp³-hybridized carbons (Fsp3) is 0.300. The lowest BCUT2D eigenvalue weighted by atomic mass is 10.4. The van der Waals surface area contributed by atoms with E-state index in [-0.39, 0.29) is 0 Å². The van der Waals surface area contributed by atoms with Crippen molar-refractivity contribution in [2.24, 2.45) is 0 Å². The van der Waals surface area contributed by atoms with E-state index < -0.39 is 0 Å². The summed E-state index contributed by atoms with van der Waals surface area (Å²) in [6, 6.07) is 4.27. The average Bonchev–Trinajstić information content (AvgIpc) is 2.67. The van der Waals surface area contributed by atoms with E-state index in [4.69, 9.17) is 5.73 Å². The number of anilines is 1. The van der Waals surface area contributed by atoms with Gasteiger partial charge in [-0.25, -0.2) is 4.98 Å². The molecular weight excluding hydrogens is 194 g/mol. The lowest BCUT2D eigenvalue weighted by Crippen LogP contribution is -2.04. The monoisotopic (exact) mass is 207 g/mol. The third-order valence-corrected chi connectivity index (χ3v) is 3.18. The molecule has 2 aromatic heterocycles. The van der Waals surface area contributed by atoms with Crippen LogP contribution in [-0.4, -0.2) is 9.55 Å². The summed E-state index contributed by atoms with van der Waals surface area (Å²) < 4.78 is 2.02. The molecule has 0 aromatic carbocycles. The number of nitrogens with two attached hydrogens (primary N) is 1. The number of hydrogen-bond acceptors (Lipinski definition) is 3.